The molecule has 2 rings (SSSR count). The number of nitrogens with zero attached hydrogens (tertiary/aromatic N) is 5. The van der Waals surface area contributed by atoms with Gasteiger partial charge in [0.05, 0.1) is 10.8 Å². The highest BCUT2D eigenvalue weighted by atomic mass is 35.5. The number of urea groups is 2. The SMILES string of the molecule is NC(=O)N(N)c1nnc(-c2ccc(CS(=O)O)cc2Cl)c(N(N)C(N)=O)n1. The van der Waals surface area contributed by atoms with Crippen molar-refractivity contribution in [3.8, 4) is 11.3 Å². The number of carbonyl (C=O) groups is 2. The average molecular weight is 416 g/mol. The number of hydrazine groups is 2. The highest BCUT2D eigenvalue weighted by Gasteiger charge is 2.23. The van der Waals surface area contributed by atoms with Crippen molar-refractivity contribution in [3.05, 3.63) is 28.8 Å². The summed E-state index contributed by atoms with van der Waals surface area (Å²) in [6.45, 7) is 0. The summed E-state index contributed by atoms with van der Waals surface area (Å²) < 4.78 is 19.9. The summed E-state index contributed by atoms with van der Waals surface area (Å²) >= 11 is 4.14. The standard InChI is InChI=1S/C12H14ClN9O4S/c13-7-3-5(4-27(25)26)1-2-6(7)8-9(21(16)10(14)23)18-12(20-19-8)22(17)11(15)24/h1-3H,4,16-17H2,(H2,14,23)(H2,15,24)(H,25,26). The number of carbonyl (C=O) groups excluding carboxylic acids is 2. The molecule has 2 aromatic rings. The van der Waals surface area contributed by atoms with Crippen LogP contribution in [0.15, 0.2) is 18.2 Å². The summed E-state index contributed by atoms with van der Waals surface area (Å²) in [4.78, 5) is 26.5. The molecule has 13 nitrogen and oxygen atoms in total. The lowest BCUT2D eigenvalue weighted by molar-refractivity contribution is 0.253. The number of aromatic nitrogens is 3. The number of hydrogen-bond donors (Lipinski definition) is 5. The number of benzene rings is 1. The first-order valence-electron chi connectivity index (χ1n) is 6.91. The van der Waals surface area contributed by atoms with Crippen LogP contribution in [0.4, 0.5) is 21.4 Å². The van der Waals surface area contributed by atoms with Gasteiger partial charge in [-0.2, -0.15) is 9.99 Å². The number of rotatable bonds is 5. The molecule has 144 valence electrons. The van der Waals surface area contributed by atoms with Crippen LogP contribution in [0.5, 0.6) is 0 Å². The fourth-order valence-corrected chi connectivity index (χ4v) is 2.70. The molecule has 0 aliphatic heterocycles. The minimum atomic E-state index is -2.06. The summed E-state index contributed by atoms with van der Waals surface area (Å²) in [6, 6.07) is 2.22. The smallest absolute Gasteiger partial charge is 0.336 e. The van der Waals surface area contributed by atoms with E-state index in [-0.39, 0.29) is 27.9 Å². The zero-order valence-corrected chi connectivity index (χ0v) is 15.0. The van der Waals surface area contributed by atoms with Gasteiger partial charge in [0.2, 0.25) is 0 Å². The number of primary amides is 2. The Bertz CT molecular complexity index is 928. The maximum atomic E-state index is 11.5. The molecule has 0 fully saturated rings. The first kappa shape index (κ1) is 20.4. The van der Waals surface area contributed by atoms with E-state index in [4.69, 9.17) is 39.3 Å². The van der Waals surface area contributed by atoms with Crippen LogP contribution >= 0.6 is 11.6 Å². The van der Waals surface area contributed by atoms with Crippen LogP contribution < -0.4 is 33.2 Å². The molecule has 15 heteroatoms. The van der Waals surface area contributed by atoms with Crippen LogP contribution in [0.3, 0.4) is 0 Å². The number of amides is 4. The Morgan fingerprint density at radius 2 is 1.78 bits per heavy atom. The van der Waals surface area contributed by atoms with Crippen LogP contribution in [0, 0.1) is 0 Å². The lowest BCUT2D eigenvalue weighted by atomic mass is 10.1. The predicted octanol–water partition coefficient (Wildman–Crippen LogP) is -0.569. The molecular formula is C12H14ClN9O4S. The lowest BCUT2D eigenvalue weighted by Crippen LogP contribution is -2.45. The van der Waals surface area contributed by atoms with Gasteiger partial charge in [-0.25, -0.2) is 30.5 Å². The van der Waals surface area contributed by atoms with E-state index in [1.165, 1.54) is 18.2 Å². The van der Waals surface area contributed by atoms with Crippen molar-refractivity contribution >= 4 is 46.5 Å². The van der Waals surface area contributed by atoms with Gasteiger partial charge in [0.25, 0.3) is 5.95 Å². The van der Waals surface area contributed by atoms with Gasteiger partial charge in [-0.3, -0.25) is 0 Å². The summed E-state index contributed by atoms with van der Waals surface area (Å²) in [5.74, 6) is 10.1. The van der Waals surface area contributed by atoms with Crippen LogP contribution in [-0.2, 0) is 16.8 Å². The quantitative estimate of drug-likeness (QED) is 0.182. The van der Waals surface area contributed by atoms with Crippen molar-refractivity contribution in [2.45, 2.75) is 5.75 Å². The third-order valence-electron chi connectivity index (χ3n) is 3.15. The van der Waals surface area contributed by atoms with E-state index >= 15 is 0 Å². The van der Waals surface area contributed by atoms with Gasteiger partial charge in [0.15, 0.2) is 16.9 Å². The highest BCUT2D eigenvalue weighted by Crippen LogP contribution is 2.33. The van der Waals surface area contributed by atoms with E-state index in [9.17, 15) is 13.8 Å². The molecular weight excluding hydrogens is 402 g/mol. The first-order chi connectivity index (χ1) is 12.6. The monoisotopic (exact) mass is 415 g/mol. The van der Waals surface area contributed by atoms with Gasteiger partial charge in [0.1, 0.15) is 5.69 Å². The van der Waals surface area contributed by atoms with Gasteiger partial charge in [0, 0.05) is 5.56 Å². The van der Waals surface area contributed by atoms with E-state index in [2.05, 4.69) is 15.2 Å². The zero-order chi connectivity index (χ0) is 20.3. The highest BCUT2D eigenvalue weighted by molar-refractivity contribution is 7.78. The van der Waals surface area contributed by atoms with Gasteiger partial charge in [-0.05, 0) is 11.6 Å². The Labute approximate surface area is 159 Å². The van der Waals surface area contributed by atoms with E-state index < -0.39 is 29.1 Å². The van der Waals surface area contributed by atoms with Gasteiger partial charge in [-0.15, -0.1) is 10.2 Å². The van der Waals surface area contributed by atoms with Gasteiger partial charge in [-0.1, -0.05) is 23.7 Å². The van der Waals surface area contributed by atoms with Crippen LogP contribution in [0.2, 0.25) is 5.02 Å². The molecule has 0 aliphatic rings. The maximum Gasteiger partial charge on any atom is 0.336 e. The minimum absolute atomic E-state index is 0.0559. The zero-order valence-electron chi connectivity index (χ0n) is 13.4. The minimum Gasteiger partial charge on any atom is -0.350 e. The molecule has 0 spiro atoms. The molecule has 0 bridgehead atoms. The third kappa shape index (κ3) is 4.63. The molecule has 0 saturated heterocycles. The molecule has 0 saturated carbocycles. The topological polar surface area (TPSA) is 221 Å². The first-order valence-corrected chi connectivity index (χ1v) is 8.56. The van der Waals surface area contributed by atoms with Gasteiger partial charge < -0.3 is 16.0 Å². The summed E-state index contributed by atoms with van der Waals surface area (Å²) in [7, 11) is 0. The summed E-state index contributed by atoms with van der Waals surface area (Å²) in [6.07, 6.45) is 0. The van der Waals surface area contributed by atoms with Crippen molar-refractivity contribution in [2.75, 3.05) is 10.0 Å². The van der Waals surface area contributed by atoms with E-state index in [0.29, 0.717) is 15.6 Å². The molecule has 1 heterocycles. The van der Waals surface area contributed by atoms with Crippen molar-refractivity contribution in [1.29, 1.82) is 0 Å². The molecule has 1 unspecified atom stereocenters. The molecule has 9 N–H and O–H groups in total. The van der Waals surface area contributed by atoms with Crippen molar-refractivity contribution < 1.29 is 18.4 Å². The maximum absolute atomic E-state index is 11.5. The Hall–Kier alpha value is -2.91. The normalized spacial score (nSPS) is 11.7. The van der Waals surface area contributed by atoms with E-state index in [1.54, 1.807) is 0 Å². The van der Waals surface area contributed by atoms with E-state index in [1.807, 2.05) is 0 Å². The van der Waals surface area contributed by atoms with Crippen LogP contribution in [0.1, 0.15) is 5.56 Å². The number of anilines is 2. The van der Waals surface area contributed by atoms with Crippen LogP contribution in [-0.4, -0.2) is 36.0 Å². The molecule has 1 aromatic heterocycles. The summed E-state index contributed by atoms with van der Waals surface area (Å²) in [5.41, 5.74) is 10.9. The fourth-order valence-electron chi connectivity index (χ4n) is 1.94. The van der Waals surface area contributed by atoms with Crippen molar-refractivity contribution in [1.82, 2.24) is 15.2 Å². The fraction of sp³-hybridized carbons (Fsp3) is 0.0833. The Morgan fingerprint density at radius 3 is 2.30 bits per heavy atom. The second-order valence-electron chi connectivity index (χ2n) is 4.98. The largest absolute Gasteiger partial charge is 0.350 e. The van der Waals surface area contributed by atoms with Crippen molar-refractivity contribution in [3.63, 3.8) is 0 Å². The summed E-state index contributed by atoms with van der Waals surface area (Å²) in [5, 5.41) is 8.44. The molecule has 1 atom stereocenters. The molecule has 0 radical (unpaired) electrons. The second-order valence-corrected chi connectivity index (χ2v) is 6.32. The molecule has 0 aliphatic carbocycles. The Kier molecular flexibility index (Phi) is 6.19. The number of halogens is 1. The number of nitrogens with two attached hydrogens (primary N) is 4. The molecule has 1 aromatic carbocycles. The van der Waals surface area contributed by atoms with Crippen LogP contribution in [0.25, 0.3) is 11.3 Å². The third-order valence-corrected chi connectivity index (χ3v) is 4.05. The molecule has 27 heavy (non-hydrogen) atoms. The lowest BCUT2D eigenvalue weighted by Gasteiger charge is -2.19. The van der Waals surface area contributed by atoms with Gasteiger partial charge >= 0.3 is 12.1 Å². The van der Waals surface area contributed by atoms with E-state index in [0.717, 1.165) is 0 Å². The molecule has 4 amide bonds. The Morgan fingerprint density at radius 1 is 1.15 bits per heavy atom. The predicted molar refractivity (Wildman–Crippen MR) is 97.2 cm³/mol. The second kappa shape index (κ2) is 8.19. The van der Waals surface area contributed by atoms with Crippen molar-refractivity contribution in [2.24, 2.45) is 23.2 Å². The average Bonchev–Trinajstić information content (AvgIpc) is 2.59. The Balaban J connectivity index is 2.60. The number of hydrogen-bond acceptors (Lipinski definition) is 8.